The highest BCUT2D eigenvalue weighted by atomic mass is 16.3. The van der Waals surface area contributed by atoms with Crippen LogP contribution in [0, 0.1) is 19.3 Å². The number of aryl methyl sites for hydroxylation is 1. The van der Waals surface area contributed by atoms with Gasteiger partial charge >= 0.3 is 0 Å². The SMILES string of the molecule is C#CC(O)Cc1ccc(-c2cnc3cc(C)ccc3n2)cc1. The van der Waals surface area contributed by atoms with Gasteiger partial charge in [-0.1, -0.05) is 36.3 Å². The molecule has 3 rings (SSSR count). The van der Waals surface area contributed by atoms with E-state index in [-0.39, 0.29) is 0 Å². The van der Waals surface area contributed by atoms with E-state index in [0.717, 1.165) is 27.9 Å². The van der Waals surface area contributed by atoms with Crippen molar-refractivity contribution in [1.29, 1.82) is 0 Å². The van der Waals surface area contributed by atoms with Gasteiger partial charge in [-0.15, -0.1) is 6.42 Å². The van der Waals surface area contributed by atoms with E-state index in [1.54, 1.807) is 6.20 Å². The molecule has 3 heteroatoms. The van der Waals surface area contributed by atoms with E-state index in [1.807, 2.05) is 49.4 Å². The zero-order valence-electron chi connectivity index (χ0n) is 12.3. The molecule has 1 heterocycles. The smallest absolute Gasteiger partial charge is 0.118 e. The molecule has 1 aromatic heterocycles. The Kier molecular flexibility index (Phi) is 3.86. The number of hydrogen-bond acceptors (Lipinski definition) is 3. The van der Waals surface area contributed by atoms with Gasteiger partial charge in [-0.2, -0.15) is 0 Å². The van der Waals surface area contributed by atoms with E-state index in [1.165, 1.54) is 5.56 Å². The van der Waals surface area contributed by atoms with E-state index in [9.17, 15) is 5.11 Å². The van der Waals surface area contributed by atoms with Crippen LogP contribution in [0.1, 0.15) is 11.1 Å². The van der Waals surface area contributed by atoms with Crippen molar-refractivity contribution in [2.24, 2.45) is 0 Å². The Hall–Kier alpha value is -2.70. The summed E-state index contributed by atoms with van der Waals surface area (Å²) in [6.45, 7) is 2.04. The lowest BCUT2D eigenvalue weighted by molar-refractivity contribution is 0.233. The lowest BCUT2D eigenvalue weighted by atomic mass is 10.0. The molecule has 1 N–H and O–H groups in total. The van der Waals surface area contributed by atoms with Crippen molar-refractivity contribution < 1.29 is 5.11 Å². The van der Waals surface area contributed by atoms with Crippen LogP contribution in [-0.2, 0) is 6.42 Å². The minimum atomic E-state index is -0.741. The van der Waals surface area contributed by atoms with Crippen molar-refractivity contribution in [3.8, 4) is 23.6 Å². The first-order valence-electron chi connectivity index (χ1n) is 7.12. The summed E-state index contributed by atoms with van der Waals surface area (Å²) in [7, 11) is 0. The fourth-order valence-electron chi connectivity index (χ4n) is 2.35. The normalized spacial score (nSPS) is 12.0. The topological polar surface area (TPSA) is 46.0 Å². The number of terminal acetylenes is 1. The summed E-state index contributed by atoms with van der Waals surface area (Å²) in [6.07, 6.45) is 6.69. The Morgan fingerprint density at radius 2 is 1.91 bits per heavy atom. The fourth-order valence-corrected chi connectivity index (χ4v) is 2.35. The molecular formula is C19H16N2O. The molecule has 0 spiro atoms. The first kappa shape index (κ1) is 14.2. The maximum absolute atomic E-state index is 9.48. The molecule has 0 saturated carbocycles. The van der Waals surface area contributed by atoms with Crippen molar-refractivity contribution in [1.82, 2.24) is 9.97 Å². The van der Waals surface area contributed by atoms with Crippen molar-refractivity contribution in [3.63, 3.8) is 0 Å². The number of nitrogens with zero attached hydrogens (tertiary/aromatic N) is 2. The molecule has 0 amide bonds. The highest BCUT2D eigenvalue weighted by Gasteiger charge is 2.05. The van der Waals surface area contributed by atoms with Crippen molar-refractivity contribution in [2.75, 3.05) is 0 Å². The average Bonchev–Trinajstić information content (AvgIpc) is 2.55. The monoisotopic (exact) mass is 288 g/mol. The van der Waals surface area contributed by atoms with Crippen LogP contribution < -0.4 is 0 Å². The highest BCUT2D eigenvalue weighted by molar-refractivity contribution is 5.77. The van der Waals surface area contributed by atoms with Crippen LogP contribution in [0.4, 0.5) is 0 Å². The number of aliphatic hydroxyl groups excluding tert-OH is 1. The number of aliphatic hydroxyl groups is 1. The van der Waals surface area contributed by atoms with Crippen LogP contribution in [0.3, 0.4) is 0 Å². The molecule has 1 atom stereocenters. The van der Waals surface area contributed by atoms with E-state index in [0.29, 0.717) is 6.42 Å². The number of hydrogen-bond donors (Lipinski definition) is 1. The first-order chi connectivity index (χ1) is 10.7. The largest absolute Gasteiger partial charge is 0.380 e. The molecule has 3 nitrogen and oxygen atoms in total. The van der Waals surface area contributed by atoms with Gasteiger partial charge in [-0.25, -0.2) is 4.98 Å². The molecule has 0 bridgehead atoms. The van der Waals surface area contributed by atoms with Crippen LogP contribution in [0.5, 0.6) is 0 Å². The summed E-state index contributed by atoms with van der Waals surface area (Å²) in [5.74, 6) is 2.32. The Labute approximate surface area is 129 Å². The molecule has 108 valence electrons. The molecule has 22 heavy (non-hydrogen) atoms. The number of aromatic nitrogens is 2. The summed E-state index contributed by atoms with van der Waals surface area (Å²) in [5.41, 5.74) is 5.78. The standard InChI is InChI=1S/C19H16N2O/c1-3-16(22)11-14-5-7-15(8-6-14)19-12-20-18-10-13(2)4-9-17(18)21-19/h1,4-10,12,16,22H,11H2,2H3. The van der Waals surface area contributed by atoms with Gasteiger partial charge in [-0.05, 0) is 30.2 Å². The fraction of sp³-hybridized carbons (Fsp3) is 0.158. The van der Waals surface area contributed by atoms with Gasteiger partial charge in [0.1, 0.15) is 6.10 Å². The maximum atomic E-state index is 9.48. The van der Waals surface area contributed by atoms with Crippen LogP contribution in [0.25, 0.3) is 22.3 Å². The molecule has 0 aliphatic rings. The minimum absolute atomic E-state index is 0.458. The third-order valence-corrected chi connectivity index (χ3v) is 3.57. The molecule has 0 radical (unpaired) electrons. The predicted octanol–water partition coefficient (Wildman–Crippen LogP) is 3.14. The lowest BCUT2D eigenvalue weighted by Gasteiger charge is -2.06. The molecule has 0 saturated heterocycles. The highest BCUT2D eigenvalue weighted by Crippen LogP contribution is 2.20. The van der Waals surface area contributed by atoms with Crippen molar-refractivity contribution >= 4 is 11.0 Å². The third kappa shape index (κ3) is 2.98. The van der Waals surface area contributed by atoms with Gasteiger partial charge < -0.3 is 5.11 Å². The average molecular weight is 288 g/mol. The van der Waals surface area contributed by atoms with E-state index in [4.69, 9.17) is 6.42 Å². The maximum Gasteiger partial charge on any atom is 0.118 e. The van der Waals surface area contributed by atoms with Gasteiger partial charge in [0.15, 0.2) is 0 Å². The lowest BCUT2D eigenvalue weighted by Crippen LogP contribution is -2.06. The molecule has 3 aromatic rings. The third-order valence-electron chi connectivity index (χ3n) is 3.57. The van der Waals surface area contributed by atoms with E-state index < -0.39 is 6.10 Å². The predicted molar refractivity (Wildman–Crippen MR) is 88.3 cm³/mol. The molecule has 0 fully saturated rings. The first-order valence-corrected chi connectivity index (χ1v) is 7.12. The summed E-state index contributed by atoms with van der Waals surface area (Å²) in [4.78, 5) is 9.12. The van der Waals surface area contributed by atoms with E-state index >= 15 is 0 Å². The molecule has 2 aromatic carbocycles. The second-order valence-corrected chi connectivity index (χ2v) is 5.33. The second kappa shape index (κ2) is 5.97. The minimum Gasteiger partial charge on any atom is -0.380 e. The van der Waals surface area contributed by atoms with Crippen molar-refractivity contribution in [3.05, 3.63) is 59.8 Å². The zero-order chi connectivity index (χ0) is 15.5. The number of fused-ring (bicyclic) bond motifs is 1. The molecule has 0 aliphatic heterocycles. The van der Waals surface area contributed by atoms with Gasteiger partial charge in [0.05, 0.1) is 22.9 Å². The van der Waals surface area contributed by atoms with Gasteiger partial charge in [0.2, 0.25) is 0 Å². The quantitative estimate of drug-likeness (QED) is 0.753. The van der Waals surface area contributed by atoms with E-state index in [2.05, 4.69) is 15.9 Å². The Morgan fingerprint density at radius 1 is 1.14 bits per heavy atom. The number of benzene rings is 2. The summed E-state index contributed by atoms with van der Waals surface area (Å²) >= 11 is 0. The summed E-state index contributed by atoms with van der Waals surface area (Å²) in [6, 6.07) is 13.9. The van der Waals surface area contributed by atoms with Crippen LogP contribution in [0.15, 0.2) is 48.7 Å². The Morgan fingerprint density at radius 3 is 2.64 bits per heavy atom. The van der Waals surface area contributed by atoms with Crippen LogP contribution in [0.2, 0.25) is 0 Å². The van der Waals surface area contributed by atoms with Gasteiger partial charge in [0.25, 0.3) is 0 Å². The Balaban J connectivity index is 1.91. The second-order valence-electron chi connectivity index (χ2n) is 5.33. The van der Waals surface area contributed by atoms with Gasteiger partial charge in [-0.3, -0.25) is 4.98 Å². The molecule has 1 unspecified atom stereocenters. The van der Waals surface area contributed by atoms with Gasteiger partial charge in [0, 0.05) is 12.0 Å². The zero-order valence-corrected chi connectivity index (χ0v) is 12.3. The Bertz CT molecular complexity index is 847. The van der Waals surface area contributed by atoms with Crippen molar-refractivity contribution in [2.45, 2.75) is 19.4 Å². The van der Waals surface area contributed by atoms with Crippen LogP contribution >= 0.6 is 0 Å². The number of rotatable bonds is 3. The molecular weight excluding hydrogens is 272 g/mol. The van der Waals surface area contributed by atoms with Crippen LogP contribution in [-0.4, -0.2) is 21.2 Å². The molecule has 0 aliphatic carbocycles. The summed E-state index contributed by atoms with van der Waals surface area (Å²) in [5, 5.41) is 9.48. The summed E-state index contributed by atoms with van der Waals surface area (Å²) < 4.78 is 0.